The third kappa shape index (κ3) is 4.70. The van der Waals surface area contributed by atoms with E-state index in [9.17, 15) is 17.6 Å². The van der Waals surface area contributed by atoms with Gasteiger partial charge in [0.25, 0.3) is 15.9 Å². The smallest absolute Gasteiger partial charge is 0.281 e. The van der Waals surface area contributed by atoms with Gasteiger partial charge in [0.1, 0.15) is 17.5 Å². The number of aryl methyl sites for hydroxylation is 1. The number of nitrogens with one attached hydrogen (secondary N) is 1. The summed E-state index contributed by atoms with van der Waals surface area (Å²) in [4.78, 5) is 23.7. The van der Waals surface area contributed by atoms with Crippen molar-refractivity contribution in [2.45, 2.75) is 44.7 Å². The van der Waals surface area contributed by atoms with Gasteiger partial charge in [-0.2, -0.15) is 8.42 Å². The predicted octanol–water partition coefficient (Wildman–Crippen LogP) is 3.92. The summed E-state index contributed by atoms with van der Waals surface area (Å²) in [6, 6.07) is 12.0. The van der Waals surface area contributed by atoms with Gasteiger partial charge in [-0.1, -0.05) is 19.1 Å². The Bertz CT molecular complexity index is 1410. The van der Waals surface area contributed by atoms with Crippen LogP contribution in [0.25, 0.3) is 11.3 Å². The normalized spacial score (nSPS) is 17.4. The molecule has 2 aromatic heterocycles. The van der Waals surface area contributed by atoms with Gasteiger partial charge in [0.2, 0.25) is 0 Å². The van der Waals surface area contributed by atoms with Crippen molar-refractivity contribution in [1.82, 2.24) is 14.7 Å². The van der Waals surface area contributed by atoms with Gasteiger partial charge in [-0.15, -0.1) is 0 Å². The van der Waals surface area contributed by atoms with E-state index in [0.29, 0.717) is 29.5 Å². The highest BCUT2D eigenvalue weighted by molar-refractivity contribution is 7.90. The Balaban J connectivity index is 1.79. The molecule has 3 heterocycles. The van der Waals surface area contributed by atoms with Crippen molar-refractivity contribution in [2.75, 3.05) is 17.2 Å². The molecule has 0 bridgehead atoms. The van der Waals surface area contributed by atoms with E-state index < -0.39 is 21.7 Å². The van der Waals surface area contributed by atoms with Crippen molar-refractivity contribution in [2.24, 2.45) is 5.92 Å². The Kier molecular flexibility index (Phi) is 6.27. The number of hydrogen-bond acceptors (Lipinski definition) is 7. The van der Waals surface area contributed by atoms with E-state index in [2.05, 4.69) is 21.6 Å². The standard InChI is InChI=1S/C25H28FN5O3S/c1-15-8-9-17(19(26)14-15)20-11-10-18(23(28-20)31-13-12-16(2)25(31,3)4)24(32)30-35(33,34)22-7-5-6-21(27)29-22/h5-11,14,16H,12-13H2,1-4H3,(H2,27,29)(H,30,32). The van der Waals surface area contributed by atoms with Crippen molar-refractivity contribution in [3.05, 3.63) is 65.5 Å². The van der Waals surface area contributed by atoms with E-state index in [-0.39, 0.29) is 21.9 Å². The molecule has 0 aliphatic carbocycles. The fourth-order valence-corrected chi connectivity index (χ4v) is 5.17. The van der Waals surface area contributed by atoms with E-state index in [1.165, 1.54) is 36.4 Å². The molecule has 3 N–H and O–H groups in total. The van der Waals surface area contributed by atoms with Crippen molar-refractivity contribution < 1.29 is 17.6 Å². The van der Waals surface area contributed by atoms with Crippen LogP contribution in [0.1, 0.15) is 43.1 Å². The molecule has 1 unspecified atom stereocenters. The molecule has 1 aliphatic heterocycles. The van der Waals surface area contributed by atoms with Crippen LogP contribution in [0.15, 0.2) is 53.6 Å². The lowest BCUT2D eigenvalue weighted by atomic mass is 9.90. The monoisotopic (exact) mass is 497 g/mol. The van der Waals surface area contributed by atoms with Crippen LogP contribution in [-0.2, 0) is 10.0 Å². The minimum Gasteiger partial charge on any atom is -0.384 e. The second-order valence-corrected chi connectivity index (χ2v) is 11.0. The largest absolute Gasteiger partial charge is 0.384 e. The lowest BCUT2D eigenvalue weighted by molar-refractivity contribution is 0.0981. The summed E-state index contributed by atoms with van der Waals surface area (Å²) in [6.45, 7) is 8.61. The molecule has 0 spiro atoms. The van der Waals surface area contributed by atoms with E-state index >= 15 is 0 Å². The van der Waals surface area contributed by atoms with E-state index in [1.54, 1.807) is 19.1 Å². The first-order chi connectivity index (χ1) is 16.4. The maximum absolute atomic E-state index is 14.7. The minimum atomic E-state index is -4.28. The fraction of sp³-hybridized carbons (Fsp3) is 0.320. The number of halogens is 1. The molecule has 1 amide bonds. The zero-order chi connectivity index (χ0) is 25.5. The van der Waals surface area contributed by atoms with Gasteiger partial charge in [-0.25, -0.2) is 19.1 Å². The molecule has 1 aliphatic rings. The van der Waals surface area contributed by atoms with Crippen LogP contribution >= 0.6 is 0 Å². The summed E-state index contributed by atoms with van der Waals surface area (Å²) in [5, 5.41) is -0.367. The number of nitrogens with zero attached hydrogens (tertiary/aromatic N) is 3. The second kappa shape index (κ2) is 8.92. The molecular formula is C25H28FN5O3S. The maximum Gasteiger partial charge on any atom is 0.281 e. The topological polar surface area (TPSA) is 118 Å². The average Bonchev–Trinajstić information content (AvgIpc) is 3.05. The molecule has 1 fully saturated rings. The van der Waals surface area contributed by atoms with Crippen molar-refractivity contribution in [1.29, 1.82) is 0 Å². The molecule has 184 valence electrons. The number of benzene rings is 1. The number of amides is 1. The minimum absolute atomic E-state index is 0.0139. The van der Waals surface area contributed by atoms with Crippen LogP contribution in [-0.4, -0.2) is 36.4 Å². The van der Waals surface area contributed by atoms with Crippen LogP contribution in [0.2, 0.25) is 0 Å². The number of nitrogen functional groups attached to an aromatic ring is 1. The predicted molar refractivity (Wildman–Crippen MR) is 133 cm³/mol. The molecule has 1 atom stereocenters. The van der Waals surface area contributed by atoms with Gasteiger partial charge in [0.05, 0.1) is 11.3 Å². The maximum atomic E-state index is 14.7. The Morgan fingerprint density at radius 2 is 1.91 bits per heavy atom. The summed E-state index contributed by atoms with van der Waals surface area (Å²) < 4.78 is 42.4. The number of nitrogens with two attached hydrogens (primary N) is 1. The molecule has 8 nitrogen and oxygen atoms in total. The first-order valence-corrected chi connectivity index (χ1v) is 12.7. The molecule has 0 saturated carbocycles. The number of carbonyl (C=O) groups is 1. The summed E-state index contributed by atoms with van der Waals surface area (Å²) in [6.07, 6.45) is 0.865. The number of rotatable bonds is 5. The number of aromatic nitrogens is 2. The van der Waals surface area contributed by atoms with Gasteiger partial charge >= 0.3 is 0 Å². The van der Waals surface area contributed by atoms with Crippen molar-refractivity contribution in [3.8, 4) is 11.3 Å². The molecule has 0 radical (unpaired) electrons. The first kappa shape index (κ1) is 24.6. The molecule has 1 saturated heterocycles. The Morgan fingerprint density at radius 3 is 2.54 bits per heavy atom. The average molecular weight is 498 g/mol. The van der Waals surface area contributed by atoms with E-state index in [0.717, 1.165) is 12.0 Å². The third-order valence-corrected chi connectivity index (χ3v) is 7.94. The van der Waals surface area contributed by atoms with Gasteiger partial charge in [-0.05, 0) is 75.1 Å². The van der Waals surface area contributed by atoms with Gasteiger partial charge in [-0.3, -0.25) is 4.79 Å². The molecule has 35 heavy (non-hydrogen) atoms. The van der Waals surface area contributed by atoms with Crippen LogP contribution in [0.5, 0.6) is 0 Å². The lowest BCUT2D eigenvalue weighted by Gasteiger charge is -2.36. The van der Waals surface area contributed by atoms with Crippen LogP contribution in [0.3, 0.4) is 0 Å². The highest BCUT2D eigenvalue weighted by atomic mass is 32.2. The summed E-state index contributed by atoms with van der Waals surface area (Å²) in [7, 11) is -4.28. The molecule has 4 rings (SSSR count). The highest BCUT2D eigenvalue weighted by Crippen LogP contribution is 2.39. The Hall–Kier alpha value is -3.53. The number of carbonyl (C=O) groups excluding carboxylic acids is 1. The fourth-order valence-electron chi connectivity index (χ4n) is 4.23. The van der Waals surface area contributed by atoms with Gasteiger partial charge < -0.3 is 10.6 Å². The zero-order valence-electron chi connectivity index (χ0n) is 20.0. The number of pyridine rings is 2. The van der Waals surface area contributed by atoms with Crippen molar-refractivity contribution in [3.63, 3.8) is 0 Å². The first-order valence-electron chi connectivity index (χ1n) is 11.2. The van der Waals surface area contributed by atoms with E-state index in [4.69, 9.17) is 5.73 Å². The van der Waals surface area contributed by atoms with Gasteiger partial charge in [0, 0.05) is 17.6 Å². The summed E-state index contributed by atoms with van der Waals surface area (Å²) in [5.41, 5.74) is 6.73. The highest BCUT2D eigenvalue weighted by Gasteiger charge is 2.41. The lowest BCUT2D eigenvalue weighted by Crippen LogP contribution is -2.43. The third-order valence-electron chi connectivity index (χ3n) is 6.71. The molecule has 10 heteroatoms. The molecule has 1 aromatic carbocycles. The SMILES string of the molecule is Cc1ccc(-c2ccc(C(=O)NS(=O)(=O)c3cccc(N)n3)c(N3CCC(C)C3(C)C)n2)c(F)c1. The van der Waals surface area contributed by atoms with E-state index in [1.807, 2.05) is 18.7 Å². The second-order valence-electron chi connectivity index (χ2n) is 9.38. The zero-order valence-corrected chi connectivity index (χ0v) is 20.9. The van der Waals surface area contributed by atoms with Crippen LogP contribution in [0.4, 0.5) is 16.0 Å². The number of hydrogen-bond donors (Lipinski definition) is 2. The number of sulfonamides is 1. The number of anilines is 2. The Morgan fingerprint density at radius 1 is 1.17 bits per heavy atom. The quantitative estimate of drug-likeness (QED) is 0.548. The molecule has 3 aromatic rings. The summed E-state index contributed by atoms with van der Waals surface area (Å²) >= 11 is 0. The Labute approximate surface area is 204 Å². The molecular weight excluding hydrogens is 469 g/mol. The van der Waals surface area contributed by atoms with Gasteiger partial charge in [0.15, 0.2) is 5.03 Å². The van der Waals surface area contributed by atoms with Crippen LogP contribution < -0.4 is 15.4 Å². The summed E-state index contributed by atoms with van der Waals surface area (Å²) in [5.74, 6) is -0.682. The van der Waals surface area contributed by atoms with Crippen molar-refractivity contribution >= 4 is 27.6 Å². The van der Waals surface area contributed by atoms with Crippen LogP contribution in [0, 0.1) is 18.7 Å².